The normalized spacial score (nSPS) is 12.9. The van der Waals surface area contributed by atoms with Crippen molar-refractivity contribution in [3.05, 3.63) is 52.3 Å². The van der Waals surface area contributed by atoms with Gasteiger partial charge in [-0.2, -0.15) is 5.10 Å². The zero-order chi connectivity index (χ0) is 14.0. The number of nitrogens with zero attached hydrogens (tertiary/aromatic N) is 2. The van der Waals surface area contributed by atoms with Gasteiger partial charge in [0.05, 0.1) is 16.9 Å². The van der Waals surface area contributed by atoms with Crippen LogP contribution in [0.25, 0.3) is 0 Å². The third-order valence-corrected chi connectivity index (χ3v) is 3.56. The van der Waals surface area contributed by atoms with Crippen molar-refractivity contribution < 1.29 is 5.11 Å². The van der Waals surface area contributed by atoms with Crippen LogP contribution in [0.5, 0.6) is 0 Å². The molecule has 0 fully saturated rings. The molecule has 2 aromatic rings. The second kappa shape index (κ2) is 5.76. The van der Waals surface area contributed by atoms with E-state index in [-0.39, 0.29) is 6.04 Å². The fourth-order valence-electron chi connectivity index (χ4n) is 2.29. The Morgan fingerprint density at radius 3 is 2.63 bits per heavy atom. The second-order valence-corrected chi connectivity index (χ2v) is 5.28. The molecule has 0 spiro atoms. The average molecular weight is 279 g/mol. The first kappa shape index (κ1) is 14.1. The highest BCUT2D eigenvalue weighted by Gasteiger charge is 2.22. The molecule has 102 valence electrons. The topological polar surface area (TPSA) is 38.1 Å². The molecule has 1 aromatic carbocycles. The van der Waals surface area contributed by atoms with E-state index >= 15 is 0 Å². The molecular weight excluding hydrogens is 260 g/mol. The van der Waals surface area contributed by atoms with Crippen LogP contribution >= 0.6 is 11.6 Å². The number of hydrogen-bond donors (Lipinski definition) is 1. The van der Waals surface area contributed by atoms with Crippen molar-refractivity contribution >= 4 is 11.6 Å². The third kappa shape index (κ3) is 2.67. The van der Waals surface area contributed by atoms with Crippen molar-refractivity contribution in [2.45, 2.75) is 39.3 Å². The second-order valence-electron chi connectivity index (χ2n) is 4.87. The van der Waals surface area contributed by atoms with Gasteiger partial charge in [-0.05, 0) is 31.4 Å². The van der Waals surface area contributed by atoms with Crippen molar-refractivity contribution in [1.29, 1.82) is 0 Å². The van der Waals surface area contributed by atoms with Crippen LogP contribution in [0.1, 0.15) is 49.7 Å². The van der Waals surface area contributed by atoms with Gasteiger partial charge in [-0.25, -0.2) is 0 Å². The molecule has 19 heavy (non-hydrogen) atoms. The van der Waals surface area contributed by atoms with Gasteiger partial charge in [-0.3, -0.25) is 4.68 Å². The molecule has 2 rings (SSSR count). The van der Waals surface area contributed by atoms with Gasteiger partial charge in [-0.15, -0.1) is 0 Å². The van der Waals surface area contributed by atoms with Crippen LogP contribution in [-0.4, -0.2) is 14.9 Å². The van der Waals surface area contributed by atoms with Gasteiger partial charge in [0, 0.05) is 6.04 Å². The Morgan fingerprint density at radius 1 is 1.32 bits per heavy atom. The summed E-state index contributed by atoms with van der Waals surface area (Å²) in [7, 11) is 0. The van der Waals surface area contributed by atoms with Crippen molar-refractivity contribution in [1.82, 2.24) is 9.78 Å². The molecule has 0 radical (unpaired) electrons. The number of aliphatic hydroxyl groups excluding tert-OH is 1. The van der Waals surface area contributed by atoms with Crippen LogP contribution in [0.15, 0.2) is 30.5 Å². The molecule has 0 aliphatic carbocycles. The molecule has 4 heteroatoms. The van der Waals surface area contributed by atoms with E-state index in [0.717, 1.165) is 17.5 Å². The summed E-state index contributed by atoms with van der Waals surface area (Å²) in [5, 5.41) is 15.4. The van der Waals surface area contributed by atoms with Crippen molar-refractivity contribution in [2.75, 3.05) is 0 Å². The molecule has 1 heterocycles. The van der Waals surface area contributed by atoms with Crippen LogP contribution in [0.4, 0.5) is 0 Å². The molecule has 1 atom stereocenters. The number of benzene rings is 1. The molecule has 1 unspecified atom stereocenters. The highest BCUT2D eigenvalue weighted by Crippen LogP contribution is 2.31. The number of halogens is 1. The van der Waals surface area contributed by atoms with Crippen molar-refractivity contribution in [3.8, 4) is 0 Å². The molecule has 0 aliphatic rings. The Kier molecular flexibility index (Phi) is 4.27. The number of rotatable bonds is 4. The van der Waals surface area contributed by atoms with Gasteiger partial charge in [0.1, 0.15) is 6.10 Å². The predicted molar refractivity (Wildman–Crippen MR) is 77.5 cm³/mol. The molecule has 3 nitrogen and oxygen atoms in total. The maximum atomic E-state index is 10.7. The molecule has 0 amide bonds. The molecule has 0 aliphatic heterocycles. The van der Waals surface area contributed by atoms with Gasteiger partial charge in [0.2, 0.25) is 0 Å². The summed E-state index contributed by atoms with van der Waals surface area (Å²) < 4.78 is 1.78. The van der Waals surface area contributed by atoms with Crippen molar-refractivity contribution in [2.24, 2.45) is 0 Å². The first-order valence-corrected chi connectivity index (χ1v) is 6.92. The van der Waals surface area contributed by atoms with Gasteiger partial charge < -0.3 is 5.11 Å². The molecule has 0 saturated heterocycles. The van der Waals surface area contributed by atoms with E-state index in [0.29, 0.717) is 10.7 Å². The molecule has 0 saturated carbocycles. The maximum Gasteiger partial charge on any atom is 0.122 e. The van der Waals surface area contributed by atoms with Gasteiger partial charge in [0.15, 0.2) is 0 Å². The van der Waals surface area contributed by atoms with Crippen LogP contribution < -0.4 is 0 Å². The summed E-state index contributed by atoms with van der Waals surface area (Å²) in [6.07, 6.45) is 1.73. The van der Waals surface area contributed by atoms with E-state index in [4.69, 9.17) is 11.6 Å². The summed E-state index contributed by atoms with van der Waals surface area (Å²) in [5.74, 6) is 0. The number of hydrogen-bond acceptors (Lipinski definition) is 2. The van der Waals surface area contributed by atoms with E-state index in [1.165, 1.54) is 0 Å². The first-order chi connectivity index (χ1) is 9.06. The number of aromatic nitrogens is 2. The lowest BCUT2D eigenvalue weighted by molar-refractivity contribution is 0.204. The molecule has 1 N–H and O–H groups in total. The summed E-state index contributed by atoms with van der Waals surface area (Å²) in [5.41, 5.74) is 2.69. The average Bonchev–Trinajstić information content (AvgIpc) is 2.80. The highest BCUT2D eigenvalue weighted by molar-refractivity contribution is 6.31. The lowest BCUT2D eigenvalue weighted by Gasteiger charge is -2.19. The SMILES string of the molecule is CCc1ccccc1C(O)c1c(Cl)cnn1C(C)C. The van der Waals surface area contributed by atoms with Gasteiger partial charge in [0.25, 0.3) is 0 Å². The minimum Gasteiger partial charge on any atom is -0.382 e. The van der Waals surface area contributed by atoms with Crippen molar-refractivity contribution in [3.63, 3.8) is 0 Å². The summed E-state index contributed by atoms with van der Waals surface area (Å²) in [6, 6.07) is 8.05. The maximum absolute atomic E-state index is 10.7. The zero-order valence-electron chi connectivity index (χ0n) is 11.5. The first-order valence-electron chi connectivity index (χ1n) is 6.55. The number of aryl methyl sites for hydroxylation is 1. The summed E-state index contributed by atoms with van der Waals surface area (Å²) in [4.78, 5) is 0. The third-order valence-electron chi connectivity index (χ3n) is 3.27. The summed E-state index contributed by atoms with van der Waals surface area (Å²) >= 11 is 6.19. The minimum atomic E-state index is -0.742. The smallest absolute Gasteiger partial charge is 0.122 e. The van der Waals surface area contributed by atoms with Gasteiger partial charge >= 0.3 is 0 Å². The Bertz CT molecular complexity index is 563. The zero-order valence-corrected chi connectivity index (χ0v) is 12.2. The molecular formula is C15H19ClN2O. The largest absolute Gasteiger partial charge is 0.382 e. The van der Waals surface area contributed by atoms with Crippen LogP contribution in [0, 0.1) is 0 Å². The molecule has 0 bridgehead atoms. The predicted octanol–water partition coefficient (Wildman–Crippen LogP) is 3.76. The number of aliphatic hydroxyl groups is 1. The fraction of sp³-hybridized carbons (Fsp3) is 0.400. The van der Waals surface area contributed by atoms with E-state index in [9.17, 15) is 5.11 Å². The van der Waals surface area contributed by atoms with Crippen LogP contribution in [0.3, 0.4) is 0 Å². The monoisotopic (exact) mass is 278 g/mol. The van der Waals surface area contributed by atoms with E-state index in [1.54, 1.807) is 10.9 Å². The van der Waals surface area contributed by atoms with E-state index in [2.05, 4.69) is 12.0 Å². The quantitative estimate of drug-likeness (QED) is 0.925. The van der Waals surface area contributed by atoms with Crippen LogP contribution in [0.2, 0.25) is 5.02 Å². The van der Waals surface area contributed by atoms with Gasteiger partial charge in [-0.1, -0.05) is 42.8 Å². The minimum absolute atomic E-state index is 0.158. The fourth-order valence-corrected chi connectivity index (χ4v) is 2.52. The van der Waals surface area contributed by atoms with E-state index < -0.39 is 6.10 Å². The Labute approximate surface area is 118 Å². The highest BCUT2D eigenvalue weighted by atomic mass is 35.5. The summed E-state index contributed by atoms with van der Waals surface area (Å²) in [6.45, 7) is 6.11. The van der Waals surface area contributed by atoms with E-state index in [1.807, 2.05) is 38.1 Å². The Balaban J connectivity index is 2.50. The lowest BCUT2D eigenvalue weighted by atomic mass is 9.98. The lowest BCUT2D eigenvalue weighted by Crippen LogP contribution is -2.13. The molecule has 1 aromatic heterocycles. The standard InChI is InChI=1S/C15H19ClN2O/c1-4-11-7-5-6-8-12(11)15(19)14-13(16)9-17-18(14)10(2)3/h5-10,15,19H,4H2,1-3H3. The Hall–Kier alpha value is -1.32. The van der Waals surface area contributed by atoms with Crippen LogP contribution in [-0.2, 0) is 6.42 Å². The Morgan fingerprint density at radius 2 is 2.00 bits per heavy atom.